The van der Waals surface area contributed by atoms with Crippen molar-refractivity contribution in [2.75, 3.05) is 5.75 Å². The molecule has 1 heterocycles. The fourth-order valence-electron chi connectivity index (χ4n) is 2.25. The summed E-state index contributed by atoms with van der Waals surface area (Å²) in [5.74, 6) is 1.18. The molecule has 0 aromatic heterocycles. The highest BCUT2D eigenvalue weighted by Crippen LogP contribution is 2.38. The van der Waals surface area contributed by atoms with Gasteiger partial charge in [0.2, 0.25) is 0 Å². The molecule has 0 spiro atoms. The predicted molar refractivity (Wildman–Crippen MR) is 63.9 cm³/mol. The summed E-state index contributed by atoms with van der Waals surface area (Å²) in [7, 11) is 0. The monoisotopic (exact) mass is 212 g/mol. The number of rotatable bonds is 1. The molecule has 2 unspecified atom stereocenters. The number of nitrogens with one attached hydrogen (secondary N) is 1. The molecule has 0 bridgehead atoms. The van der Waals surface area contributed by atoms with Crippen LogP contribution < -0.4 is 5.32 Å². The van der Waals surface area contributed by atoms with Crippen molar-refractivity contribution in [2.45, 2.75) is 52.1 Å². The van der Waals surface area contributed by atoms with E-state index in [1.807, 2.05) is 11.8 Å². The van der Waals surface area contributed by atoms with E-state index >= 15 is 0 Å². The van der Waals surface area contributed by atoms with Gasteiger partial charge in [0.05, 0.1) is 6.04 Å². The van der Waals surface area contributed by atoms with E-state index in [4.69, 9.17) is 4.99 Å². The molecule has 3 heteroatoms. The minimum Gasteiger partial charge on any atom is -0.362 e. The van der Waals surface area contributed by atoms with Crippen LogP contribution in [0.1, 0.15) is 40.0 Å². The van der Waals surface area contributed by atoms with Crippen LogP contribution in [0.25, 0.3) is 0 Å². The van der Waals surface area contributed by atoms with E-state index in [0.29, 0.717) is 17.5 Å². The van der Waals surface area contributed by atoms with Crippen LogP contribution in [0.4, 0.5) is 0 Å². The van der Waals surface area contributed by atoms with Crippen molar-refractivity contribution in [1.29, 1.82) is 0 Å². The Balaban J connectivity index is 1.92. The van der Waals surface area contributed by atoms with Gasteiger partial charge in [0, 0.05) is 11.8 Å². The van der Waals surface area contributed by atoms with Gasteiger partial charge in [-0.05, 0) is 31.6 Å². The smallest absolute Gasteiger partial charge is 0.157 e. The Morgan fingerprint density at radius 3 is 2.79 bits per heavy atom. The first-order valence-corrected chi connectivity index (χ1v) is 6.51. The van der Waals surface area contributed by atoms with Crippen LogP contribution in [0.15, 0.2) is 4.99 Å². The number of amidine groups is 1. The number of thioether (sulfide) groups is 1. The predicted octanol–water partition coefficient (Wildman–Crippen LogP) is 2.65. The van der Waals surface area contributed by atoms with Crippen LogP contribution >= 0.6 is 11.8 Å². The third-order valence-electron chi connectivity index (χ3n) is 3.08. The van der Waals surface area contributed by atoms with E-state index < -0.39 is 0 Å². The zero-order chi connectivity index (χ0) is 10.2. The molecular weight excluding hydrogens is 192 g/mol. The SMILES string of the molecule is CC1CSC(=NC2CCC(C)(C)C2)N1. The van der Waals surface area contributed by atoms with Crippen LogP contribution in [-0.4, -0.2) is 23.0 Å². The van der Waals surface area contributed by atoms with Gasteiger partial charge in [-0.15, -0.1) is 0 Å². The van der Waals surface area contributed by atoms with Gasteiger partial charge >= 0.3 is 0 Å². The third-order valence-corrected chi connectivity index (χ3v) is 4.25. The number of nitrogens with zero attached hydrogens (tertiary/aromatic N) is 1. The van der Waals surface area contributed by atoms with E-state index in [0.717, 1.165) is 0 Å². The Kier molecular flexibility index (Phi) is 2.78. The largest absolute Gasteiger partial charge is 0.362 e. The summed E-state index contributed by atoms with van der Waals surface area (Å²) in [4.78, 5) is 4.79. The molecule has 0 aromatic rings. The van der Waals surface area contributed by atoms with Gasteiger partial charge in [0.25, 0.3) is 0 Å². The third kappa shape index (κ3) is 2.44. The van der Waals surface area contributed by atoms with E-state index in [1.165, 1.54) is 30.2 Å². The second-order valence-electron chi connectivity index (χ2n) is 5.35. The maximum atomic E-state index is 4.79. The van der Waals surface area contributed by atoms with Crippen LogP contribution in [0.3, 0.4) is 0 Å². The summed E-state index contributed by atoms with van der Waals surface area (Å²) in [6.07, 6.45) is 3.86. The molecule has 1 aliphatic heterocycles. The summed E-state index contributed by atoms with van der Waals surface area (Å²) < 4.78 is 0. The highest BCUT2D eigenvalue weighted by Gasteiger charge is 2.31. The van der Waals surface area contributed by atoms with Crippen molar-refractivity contribution < 1.29 is 0 Å². The normalized spacial score (nSPS) is 38.9. The Hall–Kier alpha value is -0.180. The van der Waals surface area contributed by atoms with Gasteiger partial charge in [-0.1, -0.05) is 25.6 Å². The molecule has 1 saturated heterocycles. The molecule has 0 amide bonds. The highest BCUT2D eigenvalue weighted by atomic mass is 32.2. The maximum Gasteiger partial charge on any atom is 0.157 e. The Bertz CT molecular complexity index is 248. The molecule has 0 radical (unpaired) electrons. The van der Waals surface area contributed by atoms with E-state index in [-0.39, 0.29) is 0 Å². The lowest BCUT2D eigenvalue weighted by Gasteiger charge is -2.15. The first-order valence-electron chi connectivity index (χ1n) is 5.52. The Labute approximate surface area is 90.9 Å². The Morgan fingerprint density at radius 1 is 1.50 bits per heavy atom. The standard InChI is InChI=1S/C11H20N2S/c1-8-7-14-10(12-8)13-9-4-5-11(2,3)6-9/h8-9H,4-7H2,1-3H3,(H,12,13). The minimum atomic E-state index is 0.517. The quantitative estimate of drug-likeness (QED) is 0.722. The molecule has 1 N–H and O–H groups in total. The van der Waals surface area contributed by atoms with Crippen LogP contribution in [0, 0.1) is 5.41 Å². The van der Waals surface area contributed by atoms with E-state index in [1.54, 1.807) is 0 Å². The van der Waals surface area contributed by atoms with Crippen molar-refractivity contribution in [3.8, 4) is 0 Å². The average molecular weight is 212 g/mol. The number of hydrogen-bond acceptors (Lipinski definition) is 2. The second-order valence-corrected chi connectivity index (χ2v) is 6.36. The average Bonchev–Trinajstić information content (AvgIpc) is 2.59. The van der Waals surface area contributed by atoms with E-state index in [9.17, 15) is 0 Å². The summed E-state index contributed by atoms with van der Waals surface area (Å²) in [6.45, 7) is 6.92. The topological polar surface area (TPSA) is 24.4 Å². The van der Waals surface area contributed by atoms with E-state index in [2.05, 4.69) is 26.1 Å². The van der Waals surface area contributed by atoms with Crippen LogP contribution in [0.5, 0.6) is 0 Å². The summed E-state index contributed by atoms with van der Waals surface area (Å²) in [6, 6.07) is 1.18. The summed E-state index contributed by atoms with van der Waals surface area (Å²) in [5.41, 5.74) is 0.517. The lowest BCUT2D eigenvalue weighted by atomic mass is 9.92. The molecule has 2 fully saturated rings. The minimum absolute atomic E-state index is 0.517. The molecule has 80 valence electrons. The lowest BCUT2D eigenvalue weighted by Crippen LogP contribution is -2.24. The molecule has 1 aliphatic carbocycles. The van der Waals surface area contributed by atoms with Gasteiger partial charge in [-0.2, -0.15) is 0 Å². The first-order chi connectivity index (χ1) is 6.55. The van der Waals surface area contributed by atoms with Gasteiger partial charge in [0.15, 0.2) is 5.17 Å². The van der Waals surface area contributed by atoms with Gasteiger partial charge in [-0.3, -0.25) is 4.99 Å². The molecule has 2 nitrogen and oxygen atoms in total. The van der Waals surface area contributed by atoms with Gasteiger partial charge in [0.1, 0.15) is 0 Å². The molecule has 2 aliphatic rings. The fourth-order valence-corrected chi connectivity index (χ4v) is 3.25. The molecule has 14 heavy (non-hydrogen) atoms. The summed E-state index contributed by atoms with van der Waals surface area (Å²) in [5, 5.41) is 4.60. The Morgan fingerprint density at radius 2 is 2.29 bits per heavy atom. The van der Waals surface area contributed by atoms with Crippen molar-refractivity contribution >= 4 is 16.9 Å². The molecule has 0 aromatic carbocycles. The molecule has 2 atom stereocenters. The number of aliphatic imine (C=N–C) groups is 1. The van der Waals surface area contributed by atoms with Crippen molar-refractivity contribution in [2.24, 2.45) is 10.4 Å². The molecule has 2 rings (SSSR count). The molecule has 1 saturated carbocycles. The molecular formula is C11H20N2S. The maximum absolute atomic E-state index is 4.79. The highest BCUT2D eigenvalue weighted by molar-refractivity contribution is 8.14. The number of hydrogen-bond donors (Lipinski definition) is 1. The van der Waals surface area contributed by atoms with Crippen molar-refractivity contribution in [3.05, 3.63) is 0 Å². The first kappa shape index (κ1) is 10.3. The van der Waals surface area contributed by atoms with Crippen LogP contribution in [-0.2, 0) is 0 Å². The lowest BCUT2D eigenvalue weighted by molar-refractivity contribution is 0.376. The van der Waals surface area contributed by atoms with Crippen molar-refractivity contribution in [3.63, 3.8) is 0 Å². The second kappa shape index (κ2) is 3.76. The van der Waals surface area contributed by atoms with Crippen LogP contribution in [0.2, 0.25) is 0 Å². The summed E-state index contributed by atoms with van der Waals surface area (Å²) >= 11 is 1.88. The van der Waals surface area contributed by atoms with Crippen molar-refractivity contribution in [1.82, 2.24) is 5.32 Å². The van der Waals surface area contributed by atoms with Gasteiger partial charge < -0.3 is 5.32 Å². The zero-order valence-corrected chi connectivity index (χ0v) is 10.2. The zero-order valence-electron chi connectivity index (χ0n) is 9.34. The van der Waals surface area contributed by atoms with Gasteiger partial charge in [-0.25, -0.2) is 0 Å². The fraction of sp³-hybridized carbons (Fsp3) is 0.909.